The van der Waals surface area contributed by atoms with Crippen LogP contribution < -0.4 is 11.1 Å². The zero-order valence-corrected chi connectivity index (χ0v) is 11.2. The van der Waals surface area contributed by atoms with Gasteiger partial charge in [0.15, 0.2) is 5.82 Å². The van der Waals surface area contributed by atoms with Gasteiger partial charge in [-0.2, -0.15) is 5.10 Å². The number of ether oxygens (including phenoxy) is 1. The van der Waals surface area contributed by atoms with Gasteiger partial charge in [-0.1, -0.05) is 12.2 Å². The summed E-state index contributed by atoms with van der Waals surface area (Å²) in [7, 11) is 0. The molecule has 6 heteroatoms. The molecule has 0 fully saturated rings. The predicted octanol–water partition coefficient (Wildman–Crippen LogP) is 1.18. The first kappa shape index (κ1) is 13.8. The van der Waals surface area contributed by atoms with Crippen molar-refractivity contribution in [1.29, 1.82) is 0 Å². The number of hydrogen-bond acceptors (Lipinski definition) is 5. The fourth-order valence-electron chi connectivity index (χ4n) is 1.42. The highest BCUT2D eigenvalue weighted by atomic mass is 32.1. The molecule has 0 saturated carbocycles. The molecule has 0 bridgehead atoms. The molecule has 17 heavy (non-hydrogen) atoms. The van der Waals surface area contributed by atoms with Gasteiger partial charge in [-0.25, -0.2) is 0 Å². The standard InChI is InChI=1S/C11H18N4OS/c1-4-16-6-5-13-11-9(10(12)17)7(2)8(3)14-15-11/h4-6H2,1-3H3,(H2,12,17)(H,13,15). The number of aryl methyl sites for hydroxylation is 1. The molecule has 0 spiro atoms. The van der Waals surface area contributed by atoms with Gasteiger partial charge in [0.2, 0.25) is 0 Å². The summed E-state index contributed by atoms with van der Waals surface area (Å²) in [5.41, 5.74) is 8.28. The summed E-state index contributed by atoms with van der Waals surface area (Å²) in [5.74, 6) is 0.625. The lowest BCUT2D eigenvalue weighted by atomic mass is 10.1. The Bertz CT molecular complexity index is 409. The summed E-state index contributed by atoms with van der Waals surface area (Å²) < 4.78 is 5.23. The van der Waals surface area contributed by atoms with Crippen molar-refractivity contribution in [3.05, 3.63) is 16.8 Å². The SMILES string of the molecule is CCOCCNc1nnc(C)c(C)c1C(N)=S. The summed E-state index contributed by atoms with van der Waals surface area (Å²) in [6, 6.07) is 0. The summed E-state index contributed by atoms with van der Waals surface area (Å²) in [6.45, 7) is 7.74. The summed E-state index contributed by atoms with van der Waals surface area (Å²) >= 11 is 5.04. The predicted molar refractivity (Wildman–Crippen MR) is 72.4 cm³/mol. The Labute approximate surface area is 107 Å². The molecule has 0 unspecified atom stereocenters. The summed E-state index contributed by atoms with van der Waals surface area (Å²) in [4.78, 5) is 0.333. The minimum absolute atomic E-state index is 0.333. The quantitative estimate of drug-likeness (QED) is 0.586. The maximum atomic E-state index is 5.71. The number of hydrogen-bond donors (Lipinski definition) is 2. The molecule has 1 aromatic rings. The number of nitrogens with two attached hydrogens (primary N) is 1. The highest BCUT2D eigenvalue weighted by Crippen LogP contribution is 2.17. The average molecular weight is 254 g/mol. The lowest BCUT2D eigenvalue weighted by Gasteiger charge is -2.12. The van der Waals surface area contributed by atoms with Crippen LogP contribution >= 0.6 is 12.2 Å². The van der Waals surface area contributed by atoms with E-state index in [0.717, 1.165) is 16.8 Å². The Hall–Kier alpha value is -1.27. The van der Waals surface area contributed by atoms with Crippen LogP contribution in [0.5, 0.6) is 0 Å². The normalized spacial score (nSPS) is 10.3. The van der Waals surface area contributed by atoms with E-state index in [2.05, 4.69) is 15.5 Å². The van der Waals surface area contributed by atoms with Crippen LogP contribution in [-0.2, 0) is 4.74 Å². The monoisotopic (exact) mass is 254 g/mol. The molecule has 1 rings (SSSR count). The van der Waals surface area contributed by atoms with Crippen LogP contribution in [0.25, 0.3) is 0 Å². The van der Waals surface area contributed by atoms with Gasteiger partial charge in [0, 0.05) is 13.2 Å². The molecule has 3 N–H and O–H groups in total. The van der Waals surface area contributed by atoms with Crippen molar-refractivity contribution in [1.82, 2.24) is 10.2 Å². The Morgan fingerprint density at radius 3 is 2.71 bits per heavy atom. The largest absolute Gasteiger partial charge is 0.389 e. The Balaban J connectivity index is 2.84. The van der Waals surface area contributed by atoms with Crippen LogP contribution in [-0.4, -0.2) is 34.9 Å². The molecule has 5 nitrogen and oxygen atoms in total. The number of nitrogens with one attached hydrogen (secondary N) is 1. The van der Waals surface area contributed by atoms with E-state index in [4.69, 9.17) is 22.7 Å². The van der Waals surface area contributed by atoms with Crippen LogP contribution in [0.1, 0.15) is 23.7 Å². The van der Waals surface area contributed by atoms with Crippen LogP contribution in [0, 0.1) is 13.8 Å². The van der Waals surface area contributed by atoms with E-state index in [9.17, 15) is 0 Å². The maximum Gasteiger partial charge on any atom is 0.159 e. The fourth-order valence-corrected chi connectivity index (χ4v) is 1.67. The van der Waals surface area contributed by atoms with E-state index in [1.807, 2.05) is 20.8 Å². The zero-order chi connectivity index (χ0) is 12.8. The molecule has 94 valence electrons. The first-order chi connectivity index (χ1) is 8.07. The van der Waals surface area contributed by atoms with Crippen molar-refractivity contribution in [3.8, 4) is 0 Å². The topological polar surface area (TPSA) is 73.1 Å². The molecule has 0 amide bonds. The van der Waals surface area contributed by atoms with Gasteiger partial charge in [-0.15, -0.1) is 5.10 Å². The van der Waals surface area contributed by atoms with Gasteiger partial charge < -0.3 is 15.8 Å². The van der Waals surface area contributed by atoms with E-state index < -0.39 is 0 Å². The second-order valence-corrected chi connectivity index (χ2v) is 4.06. The van der Waals surface area contributed by atoms with E-state index in [0.29, 0.717) is 30.6 Å². The fraction of sp³-hybridized carbons (Fsp3) is 0.545. The van der Waals surface area contributed by atoms with Gasteiger partial charge in [-0.3, -0.25) is 0 Å². The average Bonchev–Trinajstić information content (AvgIpc) is 2.28. The summed E-state index contributed by atoms with van der Waals surface area (Å²) in [5, 5.41) is 11.3. The lowest BCUT2D eigenvalue weighted by molar-refractivity contribution is 0.158. The van der Waals surface area contributed by atoms with Gasteiger partial charge in [-0.05, 0) is 26.3 Å². The van der Waals surface area contributed by atoms with Crippen molar-refractivity contribution in [2.75, 3.05) is 25.1 Å². The van der Waals surface area contributed by atoms with Crippen molar-refractivity contribution in [2.24, 2.45) is 5.73 Å². The third kappa shape index (κ3) is 3.61. The molecule has 1 heterocycles. The van der Waals surface area contributed by atoms with Crippen molar-refractivity contribution in [2.45, 2.75) is 20.8 Å². The van der Waals surface area contributed by atoms with Gasteiger partial charge in [0.25, 0.3) is 0 Å². The third-order valence-electron chi connectivity index (χ3n) is 2.44. The van der Waals surface area contributed by atoms with E-state index >= 15 is 0 Å². The van der Waals surface area contributed by atoms with E-state index in [1.54, 1.807) is 0 Å². The number of aromatic nitrogens is 2. The second kappa shape index (κ2) is 6.46. The first-order valence-electron chi connectivity index (χ1n) is 5.53. The molecule has 0 aliphatic carbocycles. The highest BCUT2D eigenvalue weighted by molar-refractivity contribution is 7.80. The molecule has 0 aromatic carbocycles. The van der Waals surface area contributed by atoms with Crippen LogP contribution in [0.15, 0.2) is 0 Å². The lowest BCUT2D eigenvalue weighted by Crippen LogP contribution is -2.19. The highest BCUT2D eigenvalue weighted by Gasteiger charge is 2.12. The molecule has 0 aliphatic rings. The van der Waals surface area contributed by atoms with Gasteiger partial charge >= 0.3 is 0 Å². The van der Waals surface area contributed by atoms with Crippen molar-refractivity contribution >= 4 is 23.0 Å². The minimum Gasteiger partial charge on any atom is -0.389 e. The molecule has 0 saturated heterocycles. The number of nitrogens with zero attached hydrogens (tertiary/aromatic N) is 2. The smallest absolute Gasteiger partial charge is 0.159 e. The maximum absolute atomic E-state index is 5.71. The van der Waals surface area contributed by atoms with Crippen molar-refractivity contribution in [3.63, 3.8) is 0 Å². The van der Waals surface area contributed by atoms with Crippen LogP contribution in [0.3, 0.4) is 0 Å². The molecule has 0 aliphatic heterocycles. The Morgan fingerprint density at radius 2 is 2.12 bits per heavy atom. The number of thiocarbonyl (C=S) groups is 1. The van der Waals surface area contributed by atoms with E-state index in [1.165, 1.54) is 0 Å². The van der Waals surface area contributed by atoms with Gasteiger partial charge in [0.1, 0.15) is 4.99 Å². The second-order valence-electron chi connectivity index (χ2n) is 3.62. The van der Waals surface area contributed by atoms with Gasteiger partial charge in [0.05, 0.1) is 17.9 Å². The summed E-state index contributed by atoms with van der Waals surface area (Å²) in [6.07, 6.45) is 0. The van der Waals surface area contributed by atoms with Crippen molar-refractivity contribution < 1.29 is 4.74 Å². The van der Waals surface area contributed by atoms with Crippen LogP contribution in [0.4, 0.5) is 5.82 Å². The zero-order valence-electron chi connectivity index (χ0n) is 10.4. The minimum atomic E-state index is 0.333. The Morgan fingerprint density at radius 1 is 1.41 bits per heavy atom. The molecule has 0 radical (unpaired) electrons. The first-order valence-corrected chi connectivity index (χ1v) is 5.94. The van der Waals surface area contributed by atoms with E-state index in [-0.39, 0.29) is 0 Å². The molecular weight excluding hydrogens is 236 g/mol. The number of rotatable bonds is 6. The molecule has 1 aromatic heterocycles. The molecular formula is C11H18N4OS. The molecule has 0 atom stereocenters. The Kier molecular flexibility index (Phi) is 5.24. The van der Waals surface area contributed by atoms with Crippen LogP contribution in [0.2, 0.25) is 0 Å². The number of anilines is 1. The third-order valence-corrected chi connectivity index (χ3v) is 2.65.